The summed E-state index contributed by atoms with van der Waals surface area (Å²) in [6.45, 7) is 5.12. The number of carbonyl (C=O) groups excluding carboxylic acids is 2. The molecule has 0 bridgehead atoms. The number of nitrogens with zero attached hydrogens (tertiary/aromatic N) is 1. The van der Waals surface area contributed by atoms with Crippen molar-refractivity contribution in [3.05, 3.63) is 65.7 Å². The number of carbonyl (C=O) groups is 2. The summed E-state index contributed by atoms with van der Waals surface area (Å²) >= 11 is 0. The van der Waals surface area contributed by atoms with Crippen molar-refractivity contribution in [1.29, 1.82) is 0 Å². The molecule has 3 rings (SSSR count). The number of piperidine rings is 1. The molecule has 2 amide bonds. The first-order valence-corrected chi connectivity index (χ1v) is 10.3. The lowest BCUT2D eigenvalue weighted by atomic mass is 9.83. The minimum atomic E-state index is -0.217. The Labute approximate surface area is 173 Å². The Morgan fingerprint density at radius 3 is 2.41 bits per heavy atom. The van der Waals surface area contributed by atoms with Gasteiger partial charge in [0.05, 0.1) is 13.0 Å². The van der Waals surface area contributed by atoms with Crippen LogP contribution in [-0.4, -0.2) is 43.0 Å². The molecule has 0 saturated carbocycles. The lowest BCUT2D eigenvalue weighted by molar-refractivity contribution is -0.127. The molecule has 1 aliphatic heterocycles. The first-order valence-electron chi connectivity index (χ1n) is 10.3. The Kier molecular flexibility index (Phi) is 6.91. The van der Waals surface area contributed by atoms with E-state index in [1.54, 1.807) is 31.4 Å². The van der Waals surface area contributed by atoms with E-state index in [4.69, 9.17) is 4.74 Å². The fraction of sp³-hybridized carbons (Fsp3) is 0.417. The van der Waals surface area contributed by atoms with Crippen LogP contribution in [0.25, 0.3) is 0 Å². The quantitative estimate of drug-likeness (QED) is 0.809. The first kappa shape index (κ1) is 20.9. The predicted octanol–water partition coefficient (Wildman–Crippen LogP) is 3.86. The number of likely N-dealkylation sites (tertiary alicyclic amines) is 1. The highest BCUT2D eigenvalue weighted by molar-refractivity contribution is 5.95. The average Bonchev–Trinajstić information content (AvgIpc) is 2.78. The van der Waals surface area contributed by atoms with Crippen molar-refractivity contribution < 1.29 is 14.3 Å². The normalized spacial score (nSPS) is 20.0. The van der Waals surface area contributed by atoms with Gasteiger partial charge in [-0.2, -0.15) is 0 Å². The molecular weight excluding hydrogens is 364 g/mol. The molecular formula is C24H30N2O3. The van der Waals surface area contributed by atoms with Gasteiger partial charge in [-0.3, -0.25) is 9.59 Å². The maximum atomic E-state index is 13.2. The number of ether oxygens (including phenoxy) is 1. The molecule has 1 fully saturated rings. The van der Waals surface area contributed by atoms with Gasteiger partial charge < -0.3 is 15.0 Å². The van der Waals surface area contributed by atoms with Crippen molar-refractivity contribution >= 4 is 11.8 Å². The highest BCUT2D eigenvalue weighted by atomic mass is 16.5. The lowest BCUT2D eigenvalue weighted by Crippen LogP contribution is -2.49. The molecule has 1 saturated heterocycles. The van der Waals surface area contributed by atoms with Crippen LogP contribution in [0, 0.1) is 5.92 Å². The maximum absolute atomic E-state index is 13.2. The third-order valence-electron chi connectivity index (χ3n) is 5.72. The molecule has 2 aromatic rings. The number of hydrogen-bond acceptors (Lipinski definition) is 3. The van der Waals surface area contributed by atoms with Crippen molar-refractivity contribution in [3.63, 3.8) is 0 Å². The molecule has 0 unspecified atom stereocenters. The van der Waals surface area contributed by atoms with Gasteiger partial charge in [-0.1, -0.05) is 37.3 Å². The summed E-state index contributed by atoms with van der Waals surface area (Å²) in [5, 5.41) is 3.09. The number of amides is 2. The van der Waals surface area contributed by atoms with Crippen LogP contribution >= 0.6 is 0 Å². The second-order valence-corrected chi connectivity index (χ2v) is 7.80. The molecule has 0 spiro atoms. The highest BCUT2D eigenvalue weighted by Gasteiger charge is 2.35. The van der Waals surface area contributed by atoms with Gasteiger partial charge in [0.2, 0.25) is 5.91 Å². The summed E-state index contributed by atoms with van der Waals surface area (Å²) < 4.78 is 5.19. The summed E-state index contributed by atoms with van der Waals surface area (Å²) in [5.41, 5.74) is 1.78. The second kappa shape index (κ2) is 9.59. The zero-order valence-corrected chi connectivity index (χ0v) is 17.4. The molecule has 154 valence electrons. The minimum Gasteiger partial charge on any atom is -0.497 e. The summed E-state index contributed by atoms with van der Waals surface area (Å²) in [5.74, 6) is 0.625. The summed E-state index contributed by atoms with van der Waals surface area (Å²) in [6, 6.07) is 17.4. The van der Waals surface area contributed by atoms with Gasteiger partial charge in [0.15, 0.2) is 0 Å². The van der Waals surface area contributed by atoms with E-state index in [2.05, 4.69) is 24.4 Å². The van der Waals surface area contributed by atoms with Gasteiger partial charge in [-0.15, -0.1) is 0 Å². The smallest absolute Gasteiger partial charge is 0.253 e. The molecule has 0 radical (unpaired) electrons. The van der Waals surface area contributed by atoms with E-state index in [1.807, 2.05) is 30.0 Å². The molecule has 5 nitrogen and oxygen atoms in total. The van der Waals surface area contributed by atoms with Crippen molar-refractivity contribution in [1.82, 2.24) is 10.2 Å². The zero-order chi connectivity index (χ0) is 20.8. The van der Waals surface area contributed by atoms with Gasteiger partial charge in [-0.05, 0) is 49.6 Å². The van der Waals surface area contributed by atoms with E-state index in [0.717, 1.165) is 12.8 Å². The summed E-state index contributed by atoms with van der Waals surface area (Å²) in [4.78, 5) is 27.9. The number of hydrogen-bond donors (Lipinski definition) is 1. The fourth-order valence-electron chi connectivity index (χ4n) is 3.80. The predicted molar refractivity (Wildman–Crippen MR) is 114 cm³/mol. The Bertz CT molecular complexity index is 820. The summed E-state index contributed by atoms with van der Waals surface area (Å²) in [7, 11) is 1.60. The molecule has 0 aromatic heterocycles. The molecule has 5 heteroatoms. The van der Waals surface area contributed by atoms with Crippen LogP contribution in [0.3, 0.4) is 0 Å². The van der Waals surface area contributed by atoms with Gasteiger partial charge in [0.25, 0.3) is 5.91 Å². The Hall–Kier alpha value is -2.82. The fourth-order valence-corrected chi connectivity index (χ4v) is 3.80. The van der Waals surface area contributed by atoms with E-state index in [-0.39, 0.29) is 29.7 Å². The average molecular weight is 395 g/mol. The highest BCUT2D eigenvalue weighted by Crippen LogP contribution is 2.31. The van der Waals surface area contributed by atoms with Crippen LogP contribution in [0.1, 0.15) is 48.5 Å². The maximum Gasteiger partial charge on any atom is 0.253 e. The zero-order valence-electron chi connectivity index (χ0n) is 17.4. The Balaban J connectivity index is 1.82. The minimum absolute atomic E-state index is 0.0347. The molecule has 1 N–H and O–H groups in total. The van der Waals surface area contributed by atoms with Crippen LogP contribution in [0.5, 0.6) is 5.75 Å². The van der Waals surface area contributed by atoms with Gasteiger partial charge in [0.1, 0.15) is 5.75 Å². The number of benzene rings is 2. The van der Waals surface area contributed by atoms with E-state index >= 15 is 0 Å². The van der Waals surface area contributed by atoms with Crippen molar-refractivity contribution in [2.75, 3.05) is 20.2 Å². The van der Waals surface area contributed by atoms with Gasteiger partial charge >= 0.3 is 0 Å². The topological polar surface area (TPSA) is 58.6 Å². The number of rotatable bonds is 6. The van der Waals surface area contributed by atoms with E-state index in [1.165, 1.54) is 5.56 Å². The third kappa shape index (κ3) is 5.17. The van der Waals surface area contributed by atoms with Gasteiger partial charge in [-0.25, -0.2) is 0 Å². The molecule has 1 aliphatic rings. The number of methoxy groups -OCH3 is 1. The molecule has 1 heterocycles. The van der Waals surface area contributed by atoms with Crippen LogP contribution in [0.2, 0.25) is 0 Å². The van der Waals surface area contributed by atoms with Crippen molar-refractivity contribution in [2.45, 2.75) is 38.6 Å². The standard InChI is InChI=1S/C24H30N2O3/c1-4-17(2)25-23(27)21-14-20(18-8-6-5-7-9-18)15-26(16-21)24(28)19-10-12-22(29-3)13-11-19/h5-13,17,20-21H,4,14-16H2,1-3H3,(H,25,27)/t17-,20+,21-/m0/s1. The summed E-state index contributed by atoms with van der Waals surface area (Å²) in [6.07, 6.45) is 1.63. The molecule has 3 atom stereocenters. The molecule has 29 heavy (non-hydrogen) atoms. The van der Waals surface area contributed by atoms with Crippen LogP contribution in [0.4, 0.5) is 0 Å². The monoisotopic (exact) mass is 394 g/mol. The third-order valence-corrected chi connectivity index (χ3v) is 5.72. The number of nitrogens with one attached hydrogen (secondary N) is 1. The van der Waals surface area contributed by atoms with Crippen LogP contribution in [0.15, 0.2) is 54.6 Å². The van der Waals surface area contributed by atoms with Gasteiger partial charge in [0, 0.05) is 30.6 Å². The first-order chi connectivity index (χ1) is 14.0. The molecule has 2 aromatic carbocycles. The largest absolute Gasteiger partial charge is 0.497 e. The van der Waals surface area contributed by atoms with E-state index in [9.17, 15) is 9.59 Å². The second-order valence-electron chi connectivity index (χ2n) is 7.80. The van der Waals surface area contributed by atoms with E-state index in [0.29, 0.717) is 24.4 Å². The Morgan fingerprint density at radius 1 is 1.10 bits per heavy atom. The SMILES string of the molecule is CC[C@H](C)NC(=O)[C@H]1C[C@@H](c2ccccc2)CN(C(=O)c2ccc(OC)cc2)C1. The van der Waals surface area contributed by atoms with Crippen LogP contribution < -0.4 is 10.1 Å². The van der Waals surface area contributed by atoms with Crippen molar-refractivity contribution in [3.8, 4) is 5.75 Å². The Morgan fingerprint density at radius 2 is 1.79 bits per heavy atom. The lowest BCUT2D eigenvalue weighted by Gasteiger charge is -2.38. The molecule has 0 aliphatic carbocycles. The van der Waals surface area contributed by atoms with Crippen molar-refractivity contribution in [2.24, 2.45) is 5.92 Å². The van der Waals surface area contributed by atoms with E-state index < -0.39 is 0 Å². The van der Waals surface area contributed by atoms with Crippen LogP contribution in [-0.2, 0) is 4.79 Å².